The summed E-state index contributed by atoms with van der Waals surface area (Å²) in [7, 11) is -3.78. The maximum atomic E-state index is 12.1. The van der Waals surface area contributed by atoms with Gasteiger partial charge in [-0.15, -0.1) is 0 Å². The number of rotatable bonds is 49. The minimum absolute atomic E-state index is 0.0601. The highest BCUT2D eigenvalue weighted by atomic mass is 32.2. The fourth-order valence-corrected chi connectivity index (χ4v) is 6.08. The molecule has 15 nitrogen and oxygen atoms in total. The second-order valence-electron chi connectivity index (χ2n) is 13.6. The van der Waals surface area contributed by atoms with Crippen LogP contribution in [0.25, 0.3) is 0 Å². The van der Waals surface area contributed by atoms with E-state index in [0.29, 0.717) is 145 Å². The first-order chi connectivity index (χ1) is 29.1. The van der Waals surface area contributed by atoms with E-state index in [2.05, 4.69) is 6.92 Å². The van der Waals surface area contributed by atoms with Crippen LogP contribution >= 0.6 is 0 Å². The Morgan fingerprint density at radius 1 is 0.322 bits per heavy atom. The first kappa shape index (κ1) is 55.7. The van der Waals surface area contributed by atoms with Crippen LogP contribution in [0.4, 0.5) is 0 Å². The summed E-state index contributed by atoms with van der Waals surface area (Å²) in [5.74, 6) is 0. The standard InChI is InChI=1S/C43H80O15S/c1-3-4-5-6-7-8-9-10-11-12-17-46-18-19-47-20-21-48-22-23-49-24-25-50-26-27-51-28-29-52-30-31-53-32-33-54-34-35-55-36-37-56-38-39-57-40-41-58-59(44,45)43-15-13-42(2)14-16-43/h13-16H,3-12,17-41H2,1-2H3. The molecule has 16 heteroatoms. The van der Waals surface area contributed by atoms with Crippen molar-refractivity contribution in [1.82, 2.24) is 0 Å². The molecule has 0 spiro atoms. The highest BCUT2D eigenvalue weighted by Gasteiger charge is 2.14. The van der Waals surface area contributed by atoms with Gasteiger partial charge in [-0.25, -0.2) is 0 Å². The molecule has 348 valence electrons. The Morgan fingerprint density at radius 3 is 0.847 bits per heavy atom. The van der Waals surface area contributed by atoms with Crippen molar-refractivity contribution in [2.45, 2.75) is 83.0 Å². The summed E-state index contributed by atoms with van der Waals surface area (Å²) < 4.78 is 95.2. The van der Waals surface area contributed by atoms with Gasteiger partial charge < -0.3 is 56.8 Å². The lowest BCUT2D eigenvalue weighted by Crippen LogP contribution is -2.16. The minimum atomic E-state index is -3.78. The number of aryl methyl sites for hydroxylation is 1. The summed E-state index contributed by atoms with van der Waals surface area (Å²) in [6, 6.07) is 6.49. The molecule has 0 fully saturated rings. The summed E-state index contributed by atoms with van der Waals surface area (Å²) in [6.45, 7) is 15.9. The third kappa shape index (κ3) is 40.5. The van der Waals surface area contributed by atoms with Crippen LogP contribution in [0.1, 0.15) is 76.7 Å². The Morgan fingerprint density at radius 2 is 0.559 bits per heavy atom. The second-order valence-corrected chi connectivity index (χ2v) is 15.2. The predicted octanol–water partition coefficient (Wildman–Crippen LogP) is 5.82. The molecule has 0 aliphatic carbocycles. The number of hydrogen-bond acceptors (Lipinski definition) is 15. The quantitative estimate of drug-likeness (QED) is 0.0571. The van der Waals surface area contributed by atoms with Crippen molar-refractivity contribution in [3.05, 3.63) is 29.8 Å². The molecule has 0 N–H and O–H groups in total. The predicted molar refractivity (Wildman–Crippen MR) is 226 cm³/mol. The van der Waals surface area contributed by atoms with Gasteiger partial charge in [-0.05, 0) is 25.5 Å². The molecule has 59 heavy (non-hydrogen) atoms. The van der Waals surface area contributed by atoms with Crippen LogP contribution in [0.15, 0.2) is 29.2 Å². The Kier molecular flexibility index (Phi) is 42.2. The van der Waals surface area contributed by atoms with Crippen molar-refractivity contribution in [3.8, 4) is 0 Å². The lowest BCUT2D eigenvalue weighted by atomic mass is 10.1. The van der Waals surface area contributed by atoms with Crippen LogP contribution < -0.4 is 0 Å². The van der Waals surface area contributed by atoms with Gasteiger partial charge in [0.05, 0.1) is 163 Å². The summed E-state index contributed by atoms with van der Waals surface area (Å²) >= 11 is 0. The molecule has 0 unspecified atom stereocenters. The van der Waals surface area contributed by atoms with Gasteiger partial charge in [0.15, 0.2) is 0 Å². The van der Waals surface area contributed by atoms with Gasteiger partial charge in [0.2, 0.25) is 0 Å². The van der Waals surface area contributed by atoms with E-state index in [9.17, 15) is 8.42 Å². The van der Waals surface area contributed by atoms with Crippen LogP contribution in [0.3, 0.4) is 0 Å². The second kappa shape index (κ2) is 44.7. The van der Waals surface area contributed by atoms with E-state index in [1.165, 1.54) is 69.9 Å². The smallest absolute Gasteiger partial charge is 0.297 e. The molecule has 0 radical (unpaired) electrons. The van der Waals surface area contributed by atoms with Crippen molar-refractivity contribution >= 4 is 10.1 Å². The van der Waals surface area contributed by atoms with Gasteiger partial charge in [0, 0.05) is 6.61 Å². The van der Waals surface area contributed by atoms with E-state index in [4.69, 9.17) is 61.0 Å². The van der Waals surface area contributed by atoms with Crippen molar-refractivity contribution < 1.29 is 69.4 Å². The van der Waals surface area contributed by atoms with Crippen molar-refractivity contribution in [3.63, 3.8) is 0 Å². The maximum Gasteiger partial charge on any atom is 0.297 e. The van der Waals surface area contributed by atoms with E-state index in [-0.39, 0.29) is 18.1 Å². The Labute approximate surface area is 356 Å². The van der Waals surface area contributed by atoms with E-state index < -0.39 is 10.1 Å². The fraction of sp³-hybridized carbons (Fsp3) is 0.860. The monoisotopic (exact) mass is 869 g/mol. The van der Waals surface area contributed by atoms with E-state index in [1.807, 2.05) is 6.92 Å². The highest BCUT2D eigenvalue weighted by Crippen LogP contribution is 2.13. The van der Waals surface area contributed by atoms with E-state index in [0.717, 1.165) is 18.6 Å². The van der Waals surface area contributed by atoms with Gasteiger partial charge in [-0.1, -0.05) is 82.4 Å². The van der Waals surface area contributed by atoms with Crippen LogP contribution in [0.2, 0.25) is 0 Å². The summed E-state index contributed by atoms with van der Waals surface area (Å²) in [5.41, 5.74) is 0.975. The largest absolute Gasteiger partial charge is 0.379 e. The van der Waals surface area contributed by atoms with Crippen LogP contribution in [0, 0.1) is 6.92 Å². The minimum Gasteiger partial charge on any atom is -0.379 e. The lowest BCUT2D eigenvalue weighted by molar-refractivity contribution is -0.0285. The fourth-order valence-electron chi connectivity index (χ4n) is 5.19. The molecule has 1 rings (SSSR count). The van der Waals surface area contributed by atoms with Gasteiger partial charge in [0.1, 0.15) is 0 Å². The van der Waals surface area contributed by atoms with Crippen LogP contribution in [0.5, 0.6) is 0 Å². The molecule has 0 atom stereocenters. The molecule has 0 aliphatic heterocycles. The zero-order valence-corrected chi connectivity index (χ0v) is 37.4. The molecule has 0 saturated heterocycles. The topological polar surface area (TPSA) is 154 Å². The van der Waals surface area contributed by atoms with E-state index >= 15 is 0 Å². The number of hydrogen-bond donors (Lipinski definition) is 0. The highest BCUT2D eigenvalue weighted by molar-refractivity contribution is 7.86. The van der Waals surface area contributed by atoms with Crippen LogP contribution in [-0.2, 0) is 71.1 Å². The first-order valence-corrected chi connectivity index (χ1v) is 23.4. The molecule has 0 amide bonds. The number of ether oxygens (including phenoxy) is 12. The zero-order valence-electron chi connectivity index (χ0n) is 36.6. The molecule has 0 aliphatic rings. The molecule has 0 heterocycles. The summed E-state index contributed by atoms with van der Waals surface area (Å²) in [6.07, 6.45) is 13.4. The van der Waals surface area contributed by atoms with E-state index in [1.54, 1.807) is 12.1 Å². The molecule has 0 aromatic heterocycles. The molecular formula is C43H80O15S. The van der Waals surface area contributed by atoms with Crippen molar-refractivity contribution in [2.75, 3.05) is 165 Å². The van der Waals surface area contributed by atoms with Gasteiger partial charge >= 0.3 is 0 Å². The van der Waals surface area contributed by atoms with Gasteiger partial charge in [0.25, 0.3) is 10.1 Å². The molecule has 1 aromatic carbocycles. The number of unbranched alkanes of at least 4 members (excludes halogenated alkanes) is 9. The Balaban J connectivity index is 1.63. The average Bonchev–Trinajstić information content (AvgIpc) is 3.23. The molecular weight excluding hydrogens is 789 g/mol. The molecule has 1 aromatic rings. The first-order valence-electron chi connectivity index (χ1n) is 21.9. The Bertz CT molecular complexity index is 1080. The normalized spacial score (nSPS) is 11.9. The summed E-state index contributed by atoms with van der Waals surface area (Å²) in [5, 5.41) is 0. The summed E-state index contributed by atoms with van der Waals surface area (Å²) in [4.78, 5) is 0.128. The third-order valence-electron chi connectivity index (χ3n) is 8.51. The SMILES string of the molecule is CCCCCCCCCCCCOCCOCCOCCOCCOCCOCCOCCOCCOCCOCCOCCOCCOS(=O)(=O)c1ccc(C)cc1. The van der Waals surface area contributed by atoms with Gasteiger partial charge in [-0.3, -0.25) is 4.18 Å². The van der Waals surface area contributed by atoms with Crippen LogP contribution in [-0.4, -0.2) is 174 Å². The molecule has 0 saturated carbocycles. The average molecular weight is 869 g/mol. The van der Waals surface area contributed by atoms with Gasteiger partial charge in [-0.2, -0.15) is 8.42 Å². The van der Waals surface area contributed by atoms with Crippen molar-refractivity contribution in [1.29, 1.82) is 0 Å². The maximum absolute atomic E-state index is 12.1. The molecule has 0 bridgehead atoms. The Hall–Kier alpha value is -1.35. The number of benzene rings is 1. The zero-order chi connectivity index (χ0) is 42.4. The van der Waals surface area contributed by atoms with Crippen molar-refractivity contribution in [2.24, 2.45) is 0 Å². The lowest BCUT2D eigenvalue weighted by Gasteiger charge is -2.09. The third-order valence-corrected chi connectivity index (χ3v) is 9.84.